The SMILES string of the molecule is CON(C)S(=O)(=O)c1ccc(C(=O)NC(c2cccs2)C(C)C)cc1. The fourth-order valence-corrected chi connectivity index (χ4v) is 4.21. The van der Waals surface area contributed by atoms with Gasteiger partial charge in [0.2, 0.25) is 0 Å². The summed E-state index contributed by atoms with van der Waals surface area (Å²) in [5.41, 5.74) is 0.404. The Morgan fingerprint density at radius 2 is 1.84 bits per heavy atom. The topological polar surface area (TPSA) is 75.7 Å². The number of hydrogen-bond donors (Lipinski definition) is 1. The standard InChI is InChI=1S/C17H22N2O4S2/c1-12(2)16(15-6-5-11-24-15)18-17(20)13-7-9-14(10-8-13)25(21,22)19(3)23-4/h5-12,16H,1-4H3,(H,18,20). The first-order chi connectivity index (χ1) is 11.8. The average Bonchev–Trinajstić information content (AvgIpc) is 3.12. The maximum absolute atomic E-state index is 12.5. The van der Waals surface area contributed by atoms with Gasteiger partial charge >= 0.3 is 0 Å². The number of carbonyl (C=O) groups excluding carboxylic acids is 1. The molecular weight excluding hydrogens is 360 g/mol. The Kier molecular flexibility index (Phi) is 6.34. The van der Waals surface area contributed by atoms with E-state index in [4.69, 9.17) is 4.84 Å². The number of hydrogen-bond acceptors (Lipinski definition) is 5. The van der Waals surface area contributed by atoms with Crippen LogP contribution >= 0.6 is 11.3 Å². The van der Waals surface area contributed by atoms with E-state index < -0.39 is 10.0 Å². The lowest BCUT2D eigenvalue weighted by Gasteiger charge is -2.21. The Morgan fingerprint density at radius 1 is 1.20 bits per heavy atom. The van der Waals surface area contributed by atoms with Gasteiger partial charge in [0.05, 0.1) is 18.0 Å². The molecular formula is C17H22N2O4S2. The molecule has 0 fully saturated rings. The van der Waals surface area contributed by atoms with E-state index in [1.807, 2.05) is 31.4 Å². The third kappa shape index (κ3) is 4.46. The molecule has 1 aromatic heterocycles. The van der Waals surface area contributed by atoms with Crippen LogP contribution < -0.4 is 5.32 Å². The summed E-state index contributed by atoms with van der Waals surface area (Å²) >= 11 is 1.59. The van der Waals surface area contributed by atoms with E-state index in [1.165, 1.54) is 38.4 Å². The van der Waals surface area contributed by atoms with Crippen LogP contribution in [0.3, 0.4) is 0 Å². The first kappa shape index (κ1) is 19.6. The van der Waals surface area contributed by atoms with E-state index in [0.717, 1.165) is 9.35 Å². The Labute approximate surface area is 152 Å². The molecule has 8 heteroatoms. The molecule has 0 bridgehead atoms. The fourth-order valence-electron chi connectivity index (χ4n) is 2.28. The Morgan fingerprint density at radius 3 is 2.32 bits per heavy atom. The predicted molar refractivity (Wildman–Crippen MR) is 97.8 cm³/mol. The van der Waals surface area contributed by atoms with E-state index in [2.05, 4.69) is 5.32 Å². The van der Waals surface area contributed by atoms with Gasteiger partial charge in [-0.25, -0.2) is 8.42 Å². The third-order valence-electron chi connectivity index (χ3n) is 3.81. The van der Waals surface area contributed by atoms with Crippen molar-refractivity contribution in [3.05, 3.63) is 52.2 Å². The predicted octanol–water partition coefficient (Wildman–Crippen LogP) is 3.06. The first-order valence-corrected chi connectivity index (χ1v) is 10.1. The molecule has 1 unspecified atom stereocenters. The van der Waals surface area contributed by atoms with Gasteiger partial charge < -0.3 is 5.32 Å². The molecule has 1 amide bonds. The normalized spacial score (nSPS) is 13.2. The van der Waals surface area contributed by atoms with Gasteiger partial charge in [0.25, 0.3) is 15.9 Å². The number of amides is 1. The zero-order valence-electron chi connectivity index (χ0n) is 14.6. The molecule has 0 spiro atoms. The van der Waals surface area contributed by atoms with Crippen LogP contribution in [0, 0.1) is 5.92 Å². The molecule has 0 aliphatic carbocycles. The van der Waals surface area contributed by atoms with E-state index >= 15 is 0 Å². The van der Waals surface area contributed by atoms with E-state index in [9.17, 15) is 13.2 Å². The van der Waals surface area contributed by atoms with Crippen LogP contribution in [0.5, 0.6) is 0 Å². The first-order valence-electron chi connectivity index (χ1n) is 7.74. The summed E-state index contributed by atoms with van der Waals surface area (Å²) < 4.78 is 25.1. The molecule has 0 aliphatic rings. The number of sulfonamides is 1. The number of rotatable bonds is 7. The molecule has 1 N–H and O–H groups in total. The van der Waals surface area contributed by atoms with Crippen molar-refractivity contribution in [2.75, 3.05) is 14.2 Å². The summed E-state index contributed by atoms with van der Waals surface area (Å²) in [7, 11) is -1.14. The van der Waals surface area contributed by atoms with Gasteiger partial charge in [-0.05, 0) is 41.6 Å². The van der Waals surface area contributed by atoms with Crippen LogP contribution in [0.25, 0.3) is 0 Å². The highest BCUT2D eigenvalue weighted by molar-refractivity contribution is 7.89. The van der Waals surface area contributed by atoms with Gasteiger partial charge in [-0.2, -0.15) is 0 Å². The molecule has 0 aliphatic heterocycles. The van der Waals surface area contributed by atoms with Crippen molar-refractivity contribution in [1.29, 1.82) is 0 Å². The van der Waals surface area contributed by atoms with Crippen molar-refractivity contribution in [2.24, 2.45) is 5.92 Å². The van der Waals surface area contributed by atoms with Crippen LogP contribution in [-0.4, -0.2) is 33.0 Å². The highest BCUT2D eigenvalue weighted by Crippen LogP contribution is 2.26. The van der Waals surface area contributed by atoms with Gasteiger partial charge in [0.15, 0.2) is 0 Å². The molecule has 2 rings (SSSR count). The molecule has 0 saturated heterocycles. The second-order valence-electron chi connectivity index (χ2n) is 5.83. The minimum Gasteiger partial charge on any atom is -0.344 e. The summed E-state index contributed by atoms with van der Waals surface area (Å²) in [5, 5.41) is 4.99. The van der Waals surface area contributed by atoms with Crippen LogP contribution in [0.4, 0.5) is 0 Å². The molecule has 136 valence electrons. The van der Waals surface area contributed by atoms with Gasteiger partial charge in [0.1, 0.15) is 0 Å². The molecule has 0 saturated carbocycles. The fraction of sp³-hybridized carbons (Fsp3) is 0.353. The van der Waals surface area contributed by atoms with Crippen LogP contribution in [0.15, 0.2) is 46.7 Å². The van der Waals surface area contributed by atoms with Crippen molar-refractivity contribution in [3.8, 4) is 0 Å². The number of hydroxylamine groups is 1. The zero-order valence-corrected chi connectivity index (χ0v) is 16.2. The van der Waals surface area contributed by atoms with Crippen molar-refractivity contribution in [2.45, 2.75) is 24.8 Å². The zero-order chi connectivity index (χ0) is 18.6. The summed E-state index contributed by atoms with van der Waals surface area (Å²) in [6.45, 7) is 4.09. The van der Waals surface area contributed by atoms with Crippen molar-refractivity contribution in [3.63, 3.8) is 0 Å². The lowest BCUT2D eigenvalue weighted by molar-refractivity contribution is -0.0258. The number of thiophene rings is 1. The summed E-state index contributed by atoms with van der Waals surface area (Å²) in [6, 6.07) is 9.65. The molecule has 2 aromatic rings. The Hall–Kier alpha value is -1.74. The lowest BCUT2D eigenvalue weighted by Crippen LogP contribution is -2.31. The second kappa shape index (κ2) is 8.09. The van der Waals surface area contributed by atoms with E-state index in [0.29, 0.717) is 5.56 Å². The molecule has 1 heterocycles. The van der Waals surface area contributed by atoms with Crippen molar-refractivity contribution < 1.29 is 18.0 Å². The largest absolute Gasteiger partial charge is 0.344 e. The van der Waals surface area contributed by atoms with Crippen LogP contribution in [0.1, 0.15) is 35.1 Å². The minimum atomic E-state index is -3.72. The summed E-state index contributed by atoms with van der Waals surface area (Å²) in [5.74, 6) is -0.00579. The maximum Gasteiger partial charge on any atom is 0.264 e. The monoisotopic (exact) mass is 382 g/mol. The minimum absolute atomic E-state index is 0.0621. The number of nitrogens with one attached hydrogen (secondary N) is 1. The number of benzene rings is 1. The Bertz CT molecular complexity index is 800. The highest BCUT2D eigenvalue weighted by atomic mass is 32.2. The van der Waals surface area contributed by atoms with Crippen LogP contribution in [-0.2, 0) is 14.9 Å². The van der Waals surface area contributed by atoms with Gasteiger partial charge in [-0.15, -0.1) is 11.3 Å². The molecule has 1 aromatic carbocycles. The lowest BCUT2D eigenvalue weighted by atomic mass is 10.0. The average molecular weight is 383 g/mol. The van der Waals surface area contributed by atoms with Gasteiger partial charge in [-0.3, -0.25) is 9.63 Å². The van der Waals surface area contributed by atoms with Crippen molar-refractivity contribution >= 4 is 27.3 Å². The quantitative estimate of drug-likeness (QED) is 0.747. The third-order valence-corrected chi connectivity index (χ3v) is 6.46. The van der Waals surface area contributed by atoms with Crippen molar-refractivity contribution in [1.82, 2.24) is 9.79 Å². The molecule has 6 nitrogen and oxygen atoms in total. The van der Waals surface area contributed by atoms with Gasteiger partial charge in [0, 0.05) is 17.5 Å². The van der Waals surface area contributed by atoms with E-state index in [1.54, 1.807) is 11.3 Å². The summed E-state index contributed by atoms with van der Waals surface area (Å²) in [4.78, 5) is 18.4. The number of nitrogens with zero attached hydrogens (tertiary/aromatic N) is 1. The smallest absolute Gasteiger partial charge is 0.264 e. The molecule has 1 atom stereocenters. The number of carbonyl (C=O) groups is 1. The van der Waals surface area contributed by atoms with Gasteiger partial charge in [-0.1, -0.05) is 24.4 Å². The Balaban J connectivity index is 2.18. The molecule has 25 heavy (non-hydrogen) atoms. The summed E-state index contributed by atoms with van der Waals surface area (Å²) in [6.07, 6.45) is 0. The van der Waals surface area contributed by atoms with Crippen LogP contribution in [0.2, 0.25) is 0 Å². The molecule has 0 radical (unpaired) electrons. The van der Waals surface area contributed by atoms with E-state index in [-0.39, 0.29) is 22.8 Å². The maximum atomic E-state index is 12.5. The highest BCUT2D eigenvalue weighted by Gasteiger charge is 2.23. The second-order valence-corrected chi connectivity index (χ2v) is 8.75.